The predicted molar refractivity (Wildman–Crippen MR) is 188 cm³/mol. The third kappa shape index (κ3) is 3.82. The highest BCUT2D eigenvalue weighted by atomic mass is 32.1. The zero-order valence-corrected chi connectivity index (χ0v) is 24.2. The van der Waals surface area contributed by atoms with Gasteiger partial charge in [-0.1, -0.05) is 133 Å². The van der Waals surface area contributed by atoms with Gasteiger partial charge in [-0.05, 0) is 90.0 Å². The van der Waals surface area contributed by atoms with Crippen molar-refractivity contribution in [2.75, 3.05) is 0 Å². The first-order chi connectivity index (χ1) is 21.3. The van der Waals surface area contributed by atoms with Crippen molar-refractivity contribution in [3.8, 4) is 33.4 Å². The topological polar surface area (TPSA) is 0 Å². The molecule has 0 bridgehead atoms. The van der Waals surface area contributed by atoms with Crippen LogP contribution in [-0.2, 0) is 0 Å². The van der Waals surface area contributed by atoms with Gasteiger partial charge < -0.3 is 0 Å². The third-order valence-electron chi connectivity index (χ3n) is 8.82. The number of hydrogen-bond donors (Lipinski definition) is 0. The van der Waals surface area contributed by atoms with E-state index in [1.54, 1.807) is 0 Å². The average Bonchev–Trinajstić information content (AvgIpc) is 3.44. The van der Waals surface area contributed by atoms with Crippen molar-refractivity contribution < 1.29 is 0 Å². The Bertz CT molecular complexity index is 2440. The first kappa shape index (κ1) is 24.4. The maximum Gasteiger partial charge on any atom is 0.0362 e. The van der Waals surface area contributed by atoms with Gasteiger partial charge in [0, 0.05) is 20.2 Å². The molecule has 0 fully saturated rings. The number of rotatable bonds is 3. The molecule has 0 aliphatic carbocycles. The fourth-order valence-corrected chi connectivity index (χ4v) is 8.10. The number of hydrogen-bond acceptors (Lipinski definition) is 1. The van der Waals surface area contributed by atoms with E-state index in [0.717, 1.165) is 0 Å². The Balaban J connectivity index is 1.39. The minimum atomic E-state index is 1.23. The van der Waals surface area contributed by atoms with Crippen molar-refractivity contribution >= 4 is 63.8 Å². The minimum absolute atomic E-state index is 1.23. The molecule has 0 nitrogen and oxygen atoms in total. The van der Waals surface area contributed by atoms with Crippen molar-refractivity contribution in [1.82, 2.24) is 0 Å². The number of fused-ring (bicyclic) bond motifs is 6. The van der Waals surface area contributed by atoms with Crippen LogP contribution in [-0.4, -0.2) is 0 Å². The van der Waals surface area contributed by atoms with Gasteiger partial charge in [-0.2, -0.15) is 0 Å². The lowest BCUT2D eigenvalue weighted by Gasteiger charge is -2.19. The van der Waals surface area contributed by atoms with Crippen molar-refractivity contribution in [2.24, 2.45) is 0 Å². The Kier molecular flexibility index (Phi) is 5.47. The predicted octanol–water partition coefficient (Wildman–Crippen LogP) is 12.5. The second-order valence-electron chi connectivity index (χ2n) is 11.3. The minimum Gasteiger partial charge on any atom is -0.135 e. The molecule has 0 spiro atoms. The summed E-state index contributed by atoms with van der Waals surface area (Å²) in [5.41, 5.74) is 7.62. The molecule has 0 unspecified atom stereocenters. The SMILES string of the molecule is c1ccc(-c2cccc(-c3c4ccccc4c(-c4cccc5sc6cc7ccccc7cc6c45)c4ccccc34)c2)cc1. The van der Waals surface area contributed by atoms with Gasteiger partial charge >= 0.3 is 0 Å². The number of thiophene rings is 1. The first-order valence-electron chi connectivity index (χ1n) is 14.8. The van der Waals surface area contributed by atoms with E-state index in [-0.39, 0.29) is 0 Å². The van der Waals surface area contributed by atoms with Crippen LogP contribution >= 0.6 is 11.3 Å². The van der Waals surface area contributed by atoms with Gasteiger partial charge in [-0.3, -0.25) is 0 Å². The summed E-state index contributed by atoms with van der Waals surface area (Å²) in [6, 6.07) is 57.9. The van der Waals surface area contributed by atoms with Crippen LogP contribution in [0.4, 0.5) is 0 Å². The van der Waals surface area contributed by atoms with Crippen molar-refractivity contribution in [2.45, 2.75) is 0 Å². The van der Waals surface area contributed by atoms with Gasteiger partial charge in [0.15, 0.2) is 0 Å². The Morgan fingerprint density at radius 1 is 0.326 bits per heavy atom. The second kappa shape index (κ2) is 9.66. The second-order valence-corrected chi connectivity index (χ2v) is 12.3. The van der Waals surface area contributed by atoms with Crippen molar-refractivity contribution in [3.05, 3.63) is 158 Å². The zero-order valence-electron chi connectivity index (χ0n) is 23.4. The summed E-state index contributed by atoms with van der Waals surface area (Å²) >= 11 is 1.90. The lowest BCUT2D eigenvalue weighted by molar-refractivity contribution is 1.61. The molecule has 0 N–H and O–H groups in total. The van der Waals surface area contributed by atoms with Crippen LogP contribution in [0.15, 0.2) is 158 Å². The summed E-state index contributed by atoms with van der Waals surface area (Å²) in [7, 11) is 0. The highest BCUT2D eigenvalue weighted by molar-refractivity contribution is 7.26. The van der Waals surface area contributed by atoms with E-state index in [2.05, 4.69) is 158 Å². The maximum absolute atomic E-state index is 2.39. The summed E-state index contributed by atoms with van der Waals surface area (Å²) in [5.74, 6) is 0. The van der Waals surface area contributed by atoms with Crippen LogP contribution in [0.2, 0.25) is 0 Å². The normalized spacial score (nSPS) is 11.7. The summed E-state index contributed by atoms with van der Waals surface area (Å²) in [5, 5.41) is 10.4. The smallest absolute Gasteiger partial charge is 0.0362 e. The molecule has 200 valence electrons. The van der Waals surface area contributed by atoms with Crippen molar-refractivity contribution in [1.29, 1.82) is 0 Å². The van der Waals surface area contributed by atoms with E-state index < -0.39 is 0 Å². The molecule has 9 rings (SSSR count). The Hall–Kier alpha value is -5.24. The molecule has 0 saturated heterocycles. The molecule has 43 heavy (non-hydrogen) atoms. The van der Waals surface area contributed by atoms with Gasteiger partial charge in [0.1, 0.15) is 0 Å². The lowest BCUT2D eigenvalue weighted by atomic mass is 9.84. The maximum atomic E-state index is 2.39. The molecule has 0 radical (unpaired) electrons. The van der Waals surface area contributed by atoms with E-state index >= 15 is 0 Å². The first-order valence-corrected chi connectivity index (χ1v) is 15.6. The highest BCUT2D eigenvalue weighted by Gasteiger charge is 2.20. The summed E-state index contributed by atoms with van der Waals surface area (Å²) in [6.45, 7) is 0. The average molecular weight is 563 g/mol. The molecule has 1 aromatic heterocycles. The molecule has 0 saturated carbocycles. The Morgan fingerprint density at radius 2 is 0.884 bits per heavy atom. The van der Waals surface area contributed by atoms with Gasteiger partial charge in [0.2, 0.25) is 0 Å². The van der Waals surface area contributed by atoms with Gasteiger partial charge in [0.05, 0.1) is 0 Å². The van der Waals surface area contributed by atoms with E-state index in [9.17, 15) is 0 Å². The van der Waals surface area contributed by atoms with Gasteiger partial charge in [-0.25, -0.2) is 0 Å². The molecule has 1 heteroatoms. The standard InChI is InChI=1S/C42H26S/c1-2-12-27(13-3-1)28-16-10-17-31(24-28)40-32-18-6-8-20-34(32)41(35-21-9-7-19-33(35)40)36-22-11-23-38-42(36)37-25-29-14-4-5-15-30(29)26-39(37)43-38/h1-26H. The monoisotopic (exact) mass is 562 g/mol. The van der Waals surface area contributed by atoms with Gasteiger partial charge in [0.25, 0.3) is 0 Å². The van der Waals surface area contributed by atoms with Gasteiger partial charge in [-0.15, -0.1) is 11.3 Å². The molecule has 9 aromatic rings. The van der Waals surface area contributed by atoms with E-state index in [1.165, 1.54) is 85.9 Å². The highest BCUT2D eigenvalue weighted by Crippen LogP contribution is 2.48. The summed E-state index contributed by atoms with van der Waals surface area (Å²) in [6.07, 6.45) is 0. The van der Waals surface area contributed by atoms with Crippen LogP contribution in [0.3, 0.4) is 0 Å². The molecule has 0 amide bonds. The fourth-order valence-electron chi connectivity index (χ4n) is 6.93. The Labute approximate surface area is 254 Å². The van der Waals surface area contributed by atoms with E-state index in [1.807, 2.05) is 11.3 Å². The molecule has 0 aliphatic heterocycles. The third-order valence-corrected chi connectivity index (χ3v) is 9.94. The molecule has 0 aliphatic rings. The van der Waals surface area contributed by atoms with Crippen LogP contribution in [0, 0.1) is 0 Å². The Morgan fingerprint density at radius 3 is 1.60 bits per heavy atom. The molecular weight excluding hydrogens is 537 g/mol. The quantitative estimate of drug-likeness (QED) is 0.188. The molecule has 0 atom stereocenters. The fraction of sp³-hybridized carbons (Fsp3) is 0. The molecule has 1 heterocycles. The zero-order chi connectivity index (χ0) is 28.3. The molecule has 8 aromatic carbocycles. The van der Waals surface area contributed by atoms with Crippen LogP contribution in [0.25, 0.3) is 85.9 Å². The van der Waals surface area contributed by atoms with Crippen LogP contribution in [0.5, 0.6) is 0 Å². The summed E-state index contributed by atoms with van der Waals surface area (Å²) < 4.78 is 2.67. The van der Waals surface area contributed by atoms with Crippen molar-refractivity contribution in [3.63, 3.8) is 0 Å². The lowest BCUT2D eigenvalue weighted by Crippen LogP contribution is -1.91. The largest absolute Gasteiger partial charge is 0.135 e. The molecular formula is C42H26S. The van der Waals surface area contributed by atoms with Crippen LogP contribution in [0.1, 0.15) is 0 Å². The van der Waals surface area contributed by atoms with E-state index in [0.29, 0.717) is 0 Å². The number of benzene rings is 8. The van der Waals surface area contributed by atoms with E-state index in [4.69, 9.17) is 0 Å². The summed E-state index contributed by atoms with van der Waals surface area (Å²) in [4.78, 5) is 0. The van der Waals surface area contributed by atoms with Crippen LogP contribution < -0.4 is 0 Å².